The zero-order valence-electron chi connectivity index (χ0n) is 9.80. The van der Waals surface area contributed by atoms with Crippen molar-refractivity contribution in [3.05, 3.63) is 29.8 Å². The Labute approximate surface area is 99.8 Å². The number of benzene rings is 1. The van der Waals surface area contributed by atoms with Gasteiger partial charge in [-0.05, 0) is 32.9 Å². The number of aromatic nitrogens is 1. The van der Waals surface area contributed by atoms with Gasteiger partial charge in [0.2, 0.25) is 0 Å². The van der Waals surface area contributed by atoms with Crippen LogP contribution in [0.3, 0.4) is 0 Å². The molecule has 1 heterocycles. The second-order valence-corrected chi connectivity index (χ2v) is 3.93. The van der Waals surface area contributed by atoms with Crippen LogP contribution in [-0.4, -0.2) is 22.5 Å². The van der Waals surface area contributed by atoms with E-state index in [1.54, 1.807) is 18.3 Å². The maximum atomic E-state index is 9.44. The van der Waals surface area contributed by atoms with Crippen LogP contribution >= 0.6 is 11.3 Å². The molecule has 4 heteroatoms. The molecule has 0 aliphatic heterocycles. The van der Waals surface area contributed by atoms with E-state index in [0.717, 1.165) is 5.52 Å². The van der Waals surface area contributed by atoms with Crippen LogP contribution in [0.1, 0.15) is 20.8 Å². The summed E-state index contributed by atoms with van der Waals surface area (Å²) in [7, 11) is 0. The molecule has 2 aromatic rings. The summed E-state index contributed by atoms with van der Waals surface area (Å²) in [5, 5.41) is 7.57. The molecule has 0 spiro atoms. The van der Waals surface area contributed by atoms with Crippen molar-refractivity contribution in [2.45, 2.75) is 20.8 Å². The van der Waals surface area contributed by atoms with Gasteiger partial charge in [-0.3, -0.25) is 0 Å². The first kappa shape index (κ1) is 14.7. The largest absolute Gasteiger partial charge is 0.397 e. The molecule has 0 aliphatic carbocycles. The number of carbonyl (C=O) groups excluding carboxylic acids is 1. The van der Waals surface area contributed by atoms with E-state index in [4.69, 9.17) is 5.11 Å². The quantitative estimate of drug-likeness (QED) is 0.769. The normalized spacial score (nSPS) is 8.50. The van der Waals surface area contributed by atoms with Crippen LogP contribution in [0.4, 0.5) is 0 Å². The molecule has 1 N–H and O–H groups in total. The van der Waals surface area contributed by atoms with Gasteiger partial charge in [0.25, 0.3) is 0 Å². The second-order valence-electron chi connectivity index (χ2n) is 3.04. The molecule has 3 nitrogen and oxygen atoms in total. The van der Waals surface area contributed by atoms with E-state index < -0.39 is 0 Å². The lowest BCUT2D eigenvalue weighted by atomic mass is 10.3. The fraction of sp³-hybridized carbons (Fsp3) is 0.333. The predicted octanol–water partition coefficient (Wildman–Crippen LogP) is 2.89. The van der Waals surface area contributed by atoms with Crippen molar-refractivity contribution in [2.24, 2.45) is 0 Å². The number of aliphatic hydroxyl groups is 1. The van der Waals surface area contributed by atoms with Gasteiger partial charge in [0.1, 0.15) is 5.78 Å². The first-order chi connectivity index (χ1) is 7.61. The SMILES string of the molecule is CC(C)=O.CCO.c1ccc2scnc2c1. The number of carbonyl (C=O) groups is 1. The number of thiazole rings is 1. The average molecular weight is 239 g/mol. The minimum Gasteiger partial charge on any atom is -0.397 e. The molecular weight excluding hydrogens is 222 g/mol. The lowest BCUT2D eigenvalue weighted by Crippen LogP contribution is -1.69. The number of fused-ring (bicyclic) bond motifs is 1. The minimum atomic E-state index is 0.167. The van der Waals surface area contributed by atoms with E-state index in [9.17, 15) is 4.79 Å². The summed E-state index contributed by atoms with van der Waals surface area (Å²) >= 11 is 1.68. The number of rotatable bonds is 0. The summed E-state index contributed by atoms with van der Waals surface area (Å²) in [4.78, 5) is 13.6. The topological polar surface area (TPSA) is 50.2 Å². The van der Waals surface area contributed by atoms with Gasteiger partial charge in [0.15, 0.2) is 0 Å². The molecule has 88 valence electrons. The monoisotopic (exact) mass is 239 g/mol. The molecule has 0 bridgehead atoms. The van der Waals surface area contributed by atoms with Crippen molar-refractivity contribution in [2.75, 3.05) is 6.61 Å². The highest BCUT2D eigenvalue weighted by molar-refractivity contribution is 7.16. The van der Waals surface area contributed by atoms with E-state index in [1.165, 1.54) is 18.5 Å². The highest BCUT2D eigenvalue weighted by atomic mass is 32.1. The van der Waals surface area contributed by atoms with Crippen molar-refractivity contribution < 1.29 is 9.90 Å². The van der Waals surface area contributed by atoms with Crippen LogP contribution in [0.15, 0.2) is 29.8 Å². The molecule has 0 radical (unpaired) electrons. The number of hydrogen-bond acceptors (Lipinski definition) is 4. The van der Waals surface area contributed by atoms with E-state index >= 15 is 0 Å². The van der Waals surface area contributed by atoms with Gasteiger partial charge in [-0.25, -0.2) is 4.98 Å². The first-order valence-corrected chi connectivity index (χ1v) is 5.86. The molecule has 0 atom stereocenters. The molecule has 2 rings (SSSR count). The van der Waals surface area contributed by atoms with Crippen LogP contribution < -0.4 is 0 Å². The second kappa shape index (κ2) is 9.00. The molecule has 1 aromatic heterocycles. The molecule has 16 heavy (non-hydrogen) atoms. The fourth-order valence-electron chi connectivity index (χ4n) is 0.803. The van der Waals surface area contributed by atoms with Crippen LogP contribution in [0.5, 0.6) is 0 Å². The summed E-state index contributed by atoms with van der Waals surface area (Å²) < 4.78 is 1.26. The third-order valence-electron chi connectivity index (χ3n) is 1.24. The van der Waals surface area contributed by atoms with Gasteiger partial charge in [-0.1, -0.05) is 12.1 Å². The third-order valence-corrected chi connectivity index (χ3v) is 2.05. The Morgan fingerprint density at radius 3 is 2.38 bits per heavy atom. The van der Waals surface area contributed by atoms with Crippen LogP contribution in [-0.2, 0) is 4.79 Å². The number of Topliss-reactive ketones (excluding diaryl/α,β-unsaturated/α-hetero) is 1. The number of ketones is 1. The third kappa shape index (κ3) is 7.09. The lowest BCUT2D eigenvalue weighted by molar-refractivity contribution is -0.114. The van der Waals surface area contributed by atoms with E-state index in [-0.39, 0.29) is 12.4 Å². The van der Waals surface area contributed by atoms with Gasteiger partial charge in [-0.2, -0.15) is 0 Å². The maximum absolute atomic E-state index is 9.44. The van der Waals surface area contributed by atoms with Gasteiger partial charge < -0.3 is 9.90 Å². The molecule has 0 fully saturated rings. The van der Waals surface area contributed by atoms with E-state index in [0.29, 0.717) is 0 Å². The predicted molar refractivity (Wildman–Crippen MR) is 68.7 cm³/mol. The first-order valence-electron chi connectivity index (χ1n) is 4.98. The molecule has 0 amide bonds. The van der Waals surface area contributed by atoms with Crippen LogP contribution in [0, 0.1) is 0 Å². The van der Waals surface area contributed by atoms with E-state index in [2.05, 4.69) is 11.1 Å². The van der Waals surface area contributed by atoms with Crippen LogP contribution in [0.25, 0.3) is 10.2 Å². The van der Waals surface area contributed by atoms with Gasteiger partial charge >= 0.3 is 0 Å². The Kier molecular flexibility index (Phi) is 8.29. The summed E-state index contributed by atoms with van der Waals surface area (Å²) in [6.45, 7) is 4.99. The maximum Gasteiger partial charge on any atom is 0.126 e. The van der Waals surface area contributed by atoms with Gasteiger partial charge in [0.05, 0.1) is 15.7 Å². The Morgan fingerprint density at radius 1 is 1.38 bits per heavy atom. The van der Waals surface area contributed by atoms with Crippen molar-refractivity contribution in [3.8, 4) is 0 Å². The Bertz CT molecular complexity index is 378. The molecule has 0 unspecified atom stereocenters. The molecule has 0 aliphatic rings. The van der Waals surface area contributed by atoms with Gasteiger partial charge in [-0.15, -0.1) is 11.3 Å². The fourth-order valence-corrected chi connectivity index (χ4v) is 1.48. The van der Waals surface area contributed by atoms with Crippen molar-refractivity contribution in [3.63, 3.8) is 0 Å². The number of para-hydroxylation sites is 1. The number of aliphatic hydroxyl groups excluding tert-OH is 1. The number of hydrogen-bond donors (Lipinski definition) is 1. The molecule has 0 saturated heterocycles. The summed E-state index contributed by atoms with van der Waals surface area (Å²) in [5.74, 6) is 0.167. The molecular formula is C12H17NO2S. The summed E-state index contributed by atoms with van der Waals surface area (Å²) in [6, 6.07) is 8.13. The lowest BCUT2D eigenvalue weighted by Gasteiger charge is -1.80. The zero-order chi connectivity index (χ0) is 12.4. The van der Waals surface area contributed by atoms with Gasteiger partial charge in [0, 0.05) is 6.61 Å². The standard InChI is InChI=1S/C7H5NS.C3H6O.C2H6O/c1-2-4-7-6(3-1)8-5-9-7;1-3(2)4;1-2-3/h1-5H;1-2H3;3H,2H2,1H3. The summed E-state index contributed by atoms with van der Waals surface area (Å²) in [6.07, 6.45) is 0. The van der Waals surface area contributed by atoms with Crippen molar-refractivity contribution in [1.82, 2.24) is 4.98 Å². The molecule has 1 aromatic carbocycles. The highest BCUT2D eigenvalue weighted by Crippen LogP contribution is 2.15. The van der Waals surface area contributed by atoms with Crippen molar-refractivity contribution in [1.29, 1.82) is 0 Å². The Balaban J connectivity index is 0.000000275. The van der Waals surface area contributed by atoms with E-state index in [1.807, 2.05) is 23.7 Å². The summed E-state index contributed by atoms with van der Waals surface area (Å²) in [5.41, 5.74) is 2.97. The Morgan fingerprint density at radius 2 is 1.88 bits per heavy atom. The minimum absolute atomic E-state index is 0.167. The van der Waals surface area contributed by atoms with Crippen LogP contribution in [0.2, 0.25) is 0 Å². The Hall–Kier alpha value is -1.26. The average Bonchev–Trinajstić information content (AvgIpc) is 2.65. The van der Waals surface area contributed by atoms with Crippen molar-refractivity contribution >= 4 is 27.3 Å². The molecule has 0 saturated carbocycles. The highest BCUT2D eigenvalue weighted by Gasteiger charge is 1.89. The number of nitrogens with zero attached hydrogens (tertiary/aromatic N) is 1. The smallest absolute Gasteiger partial charge is 0.126 e. The zero-order valence-corrected chi connectivity index (χ0v) is 10.6.